The van der Waals surface area contributed by atoms with Crippen molar-refractivity contribution in [1.82, 2.24) is 0 Å². The van der Waals surface area contributed by atoms with Crippen LogP contribution in [0.4, 0.5) is 8.78 Å². The molecule has 0 spiro atoms. The molecule has 0 atom stereocenters. The minimum atomic E-state index is -1.01. The maximum absolute atomic E-state index is 13.1. The second-order valence-corrected chi connectivity index (χ2v) is 5.25. The van der Waals surface area contributed by atoms with Gasteiger partial charge in [-0.2, -0.15) is 0 Å². The van der Waals surface area contributed by atoms with E-state index in [1.165, 1.54) is 6.07 Å². The number of carbonyl (C=O) groups excluding carboxylic acids is 1. The zero-order valence-corrected chi connectivity index (χ0v) is 11.1. The second-order valence-electron chi connectivity index (χ2n) is 3.92. The Balaban J connectivity index is 2.25. The second kappa shape index (κ2) is 5.97. The molecule has 1 nitrogen and oxygen atoms in total. The van der Waals surface area contributed by atoms with Crippen LogP contribution in [-0.4, -0.2) is 11.5 Å². The Hall–Kier alpha value is -1.68. The smallest absolute Gasteiger partial charge is 0.193 e. The van der Waals surface area contributed by atoms with Crippen LogP contribution in [0.2, 0.25) is 0 Å². The summed E-state index contributed by atoms with van der Waals surface area (Å²) in [6.45, 7) is 2.05. The van der Waals surface area contributed by atoms with Gasteiger partial charge in [0.2, 0.25) is 0 Å². The minimum absolute atomic E-state index is 0.148. The third-order valence-electron chi connectivity index (χ3n) is 2.61. The average molecular weight is 278 g/mol. The zero-order chi connectivity index (χ0) is 13.8. The van der Waals surface area contributed by atoms with Gasteiger partial charge in [-0.05, 0) is 48.2 Å². The molecule has 2 aromatic carbocycles. The minimum Gasteiger partial charge on any atom is -0.289 e. The van der Waals surface area contributed by atoms with Crippen molar-refractivity contribution in [3.63, 3.8) is 0 Å². The number of thioether (sulfide) groups is 1. The van der Waals surface area contributed by atoms with Crippen LogP contribution in [0.3, 0.4) is 0 Å². The number of ketones is 1. The van der Waals surface area contributed by atoms with Crippen molar-refractivity contribution in [2.45, 2.75) is 11.8 Å². The SMILES string of the molecule is CCSc1ccc(C(=O)c2ccc(F)c(F)c2)cc1. The molecular weight excluding hydrogens is 266 g/mol. The lowest BCUT2D eigenvalue weighted by Gasteiger charge is -2.03. The third-order valence-corrected chi connectivity index (χ3v) is 3.50. The Morgan fingerprint density at radius 1 is 1.00 bits per heavy atom. The molecule has 0 N–H and O–H groups in total. The molecule has 0 fully saturated rings. The van der Waals surface area contributed by atoms with E-state index in [-0.39, 0.29) is 11.3 Å². The summed E-state index contributed by atoms with van der Waals surface area (Å²) in [5, 5.41) is 0. The molecule has 0 aliphatic carbocycles. The van der Waals surface area contributed by atoms with Gasteiger partial charge >= 0.3 is 0 Å². The first-order valence-corrected chi connectivity index (χ1v) is 6.83. The van der Waals surface area contributed by atoms with Gasteiger partial charge < -0.3 is 0 Å². The first-order chi connectivity index (χ1) is 9.11. The zero-order valence-electron chi connectivity index (χ0n) is 10.3. The van der Waals surface area contributed by atoms with Gasteiger partial charge in [0.25, 0.3) is 0 Å². The van der Waals surface area contributed by atoms with Crippen LogP contribution in [0.25, 0.3) is 0 Å². The first kappa shape index (κ1) is 13.7. The fourth-order valence-corrected chi connectivity index (χ4v) is 2.34. The monoisotopic (exact) mass is 278 g/mol. The molecule has 2 rings (SSSR count). The summed E-state index contributed by atoms with van der Waals surface area (Å²) in [7, 11) is 0. The van der Waals surface area contributed by atoms with Crippen LogP contribution in [0.5, 0.6) is 0 Å². The lowest BCUT2D eigenvalue weighted by molar-refractivity contribution is 0.103. The van der Waals surface area contributed by atoms with E-state index in [1.54, 1.807) is 23.9 Å². The average Bonchev–Trinajstić information content (AvgIpc) is 2.42. The van der Waals surface area contributed by atoms with Crippen molar-refractivity contribution in [3.05, 3.63) is 65.2 Å². The van der Waals surface area contributed by atoms with Crippen molar-refractivity contribution in [3.8, 4) is 0 Å². The maximum atomic E-state index is 13.1. The largest absolute Gasteiger partial charge is 0.289 e. The topological polar surface area (TPSA) is 17.1 Å². The molecule has 0 aliphatic heterocycles. The molecule has 0 saturated heterocycles. The van der Waals surface area contributed by atoms with E-state index in [9.17, 15) is 13.6 Å². The van der Waals surface area contributed by atoms with Crippen LogP contribution in [0.1, 0.15) is 22.8 Å². The van der Waals surface area contributed by atoms with Gasteiger partial charge in [-0.3, -0.25) is 4.79 Å². The van der Waals surface area contributed by atoms with Crippen molar-refractivity contribution < 1.29 is 13.6 Å². The number of halogens is 2. The van der Waals surface area contributed by atoms with Gasteiger partial charge in [-0.1, -0.05) is 6.92 Å². The quantitative estimate of drug-likeness (QED) is 0.612. The van der Waals surface area contributed by atoms with Crippen LogP contribution in [-0.2, 0) is 0 Å². The molecule has 0 bridgehead atoms. The summed E-state index contributed by atoms with van der Waals surface area (Å²) < 4.78 is 25.9. The van der Waals surface area contributed by atoms with E-state index in [1.807, 2.05) is 19.1 Å². The number of carbonyl (C=O) groups is 1. The first-order valence-electron chi connectivity index (χ1n) is 5.84. The van der Waals surface area contributed by atoms with Crippen LogP contribution >= 0.6 is 11.8 Å². The Morgan fingerprint density at radius 3 is 2.21 bits per heavy atom. The molecule has 4 heteroatoms. The molecule has 0 radical (unpaired) electrons. The van der Waals surface area contributed by atoms with Crippen molar-refractivity contribution in [2.75, 3.05) is 5.75 Å². The van der Waals surface area contributed by atoms with Gasteiger partial charge in [-0.15, -0.1) is 11.8 Å². The normalized spacial score (nSPS) is 10.5. The Kier molecular flexibility index (Phi) is 4.32. The molecule has 0 aliphatic rings. The highest BCUT2D eigenvalue weighted by atomic mass is 32.2. The predicted octanol–water partition coefficient (Wildman–Crippen LogP) is 4.31. The van der Waals surface area contributed by atoms with Crippen molar-refractivity contribution in [1.29, 1.82) is 0 Å². The third kappa shape index (κ3) is 3.20. The van der Waals surface area contributed by atoms with Crippen LogP contribution < -0.4 is 0 Å². The molecule has 0 heterocycles. The van der Waals surface area contributed by atoms with Gasteiger partial charge in [0, 0.05) is 16.0 Å². The van der Waals surface area contributed by atoms with E-state index in [4.69, 9.17) is 0 Å². The highest BCUT2D eigenvalue weighted by Crippen LogP contribution is 2.19. The lowest BCUT2D eigenvalue weighted by Crippen LogP contribution is -2.02. The van der Waals surface area contributed by atoms with Gasteiger partial charge in [0.05, 0.1) is 0 Å². The molecule has 0 unspecified atom stereocenters. The van der Waals surface area contributed by atoms with Gasteiger partial charge in [-0.25, -0.2) is 8.78 Å². The number of benzene rings is 2. The summed E-state index contributed by atoms with van der Waals surface area (Å²) in [4.78, 5) is 13.2. The van der Waals surface area contributed by atoms with Crippen LogP contribution in [0, 0.1) is 11.6 Å². The Morgan fingerprint density at radius 2 is 1.63 bits per heavy atom. The number of hydrogen-bond acceptors (Lipinski definition) is 2. The Labute approximate surface area is 114 Å². The maximum Gasteiger partial charge on any atom is 0.193 e. The highest BCUT2D eigenvalue weighted by molar-refractivity contribution is 7.99. The summed E-state index contributed by atoms with van der Waals surface area (Å²) in [5.41, 5.74) is 0.612. The standard InChI is InChI=1S/C15H12F2OS/c1-2-19-12-6-3-10(4-7-12)15(18)11-5-8-13(16)14(17)9-11/h3-9H,2H2,1H3. The van der Waals surface area contributed by atoms with E-state index in [0.29, 0.717) is 5.56 Å². The molecule has 0 amide bonds. The lowest BCUT2D eigenvalue weighted by atomic mass is 10.0. The molecule has 2 aromatic rings. The van der Waals surface area contributed by atoms with Crippen LogP contribution in [0.15, 0.2) is 47.4 Å². The highest BCUT2D eigenvalue weighted by Gasteiger charge is 2.11. The van der Waals surface area contributed by atoms with Gasteiger partial charge in [0.1, 0.15) is 0 Å². The fourth-order valence-electron chi connectivity index (χ4n) is 1.67. The van der Waals surface area contributed by atoms with E-state index < -0.39 is 11.6 Å². The van der Waals surface area contributed by atoms with E-state index in [2.05, 4.69) is 0 Å². The fraction of sp³-hybridized carbons (Fsp3) is 0.133. The van der Waals surface area contributed by atoms with E-state index >= 15 is 0 Å². The molecule has 19 heavy (non-hydrogen) atoms. The summed E-state index contributed by atoms with van der Waals surface area (Å²) >= 11 is 1.68. The van der Waals surface area contributed by atoms with Crippen molar-refractivity contribution in [2.24, 2.45) is 0 Å². The predicted molar refractivity (Wildman–Crippen MR) is 72.6 cm³/mol. The molecule has 0 saturated carbocycles. The number of hydrogen-bond donors (Lipinski definition) is 0. The molecular formula is C15H12F2OS. The van der Waals surface area contributed by atoms with E-state index in [0.717, 1.165) is 22.8 Å². The van der Waals surface area contributed by atoms with Crippen molar-refractivity contribution >= 4 is 17.5 Å². The Bertz CT molecular complexity index is 594. The summed E-state index contributed by atoms with van der Waals surface area (Å²) in [6.07, 6.45) is 0. The summed E-state index contributed by atoms with van der Waals surface area (Å²) in [6, 6.07) is 10.3. The molecule has 98 valence electrons. The summed E-state index contributed by atoms with van der Waals surface area (Å²) in [5.74, 6) is -1.32. The van der Waals surface area contributed by atoms with Gasteiger partial charge in [0.15, 0.2) is 17.4 Å². The molecule has 0 aromatic heterocycles. The number of rotatable bonds is 4.